The van der Waals surface area contributed by atoms with Gasteiger partial charge in [0.2, 0.25) is 0 Å². The first kappa shape index (κ1) is 17.2. The third-order valence-electron chi connectivity index (χ3n) is 3.62. The van der Waals surface area contributed by atoms with E-state index in [1.165, 1.54) is 48.2 Å². The Labute approximate surface area is 137 Å². The molecular formula is C18H18NO3S-. The molecule has 1 atom stereocenters. The lowest BCUT2D eigenvalue weighted by molar-refractivity contribution is 0.463. The molecule has 2 aromatic rings. The van der Waals surface area contributed by atoms with Crippen molar-refractivity contribution in [1.29, 1.82) is 0 Å². The van der Waals surface area contributed by atoms with Crippen LogP contribution in [0.25, 0.3) is 0 Å². The quantitative estimate of drug-likeness (QED) is 0.694. The van der Waals surface area contributed by atoms with Gasteiger partial charge in [-0.05, 0) is 36.1 Å². The summed E-state index contributed by atoms with van der Waals surface area (Å²) in [6, 6.07) is 16.3. The molecule has 0 saturated carbocycles. The van der Waals surface area contributed by atoms with Crippen molar-refractivity contribution in [1.82, 2.24) is 5.32 Å². The highest BCUT2D eigenvalue weighted by Crippen LogP contribution is 2.30. The van der Waals surface area contributed by atoms with E-state index in [0.29, 0.717) is 12.6 Å². The van der Waals surface area contributed by atoms with Crippen molar-refractivity contribution in [2.45, 2.75) is 23.8 Å². The zero-order valence-electron chi connectivity index (χ0n) is 12.6. The summed E-state index contributed by atoms with van der Waals surface area (Å²) in [6.07, 6.45) is 7.57. The SMILES string of the molecule is C#CCN[C@@H]1CCc2ccccc21.O=S(=O)([O-])c1ccccc1. The van der Waals surface area contributed by atoms with Crippen molar-refractivity contribution in [2.75, 3.05) is 6.54 Å². The lowest BCUT2D eigenvalue weighted by Crippen LogP contribution is -2.19. The second-order valence-corrected chi connectivity index (χ2v) is 6.52. The summed E-state index contributed by atoms with van der Waals surface area (Å²) in [7, 11) is -4.25. The van der Waals surface area contributed by atoms with Gasteiger partial charge in [-0.1, -0.05) is 48.4 Å². The number of rotatable bonds is 3. The molecule has 1 aliphatic carbocycles. The summed E-state index contributed by atoms with van der Waals surface area (Å²) in [4.78, 5) is -0.185. The molecular weight excluding hydrogens is 310 g/mol. The van der Waals surface area contributed by atoms with Crippen LogP contribution in [0.1, 0.15) is 23.6 Å². The third kappa shape index (κ3) is 4.93. The minimum Gasteiger partial charge on any atom is -0.744 e. The molecule has 1 aliphatic rings. The fraction of sp³-hybridized carbons (Fsp3) is 0.222. The van der Waals surface area contributed by atoms with Crippen LogP contribution < -0.4 is 5.32 Å². The highest BCUT2D eigenvalue weighted by Gasteiger charge is 2.20. The van der Waals surface area contributed by atoms with Gasteiger partial charge in [0.15, 0.2) is 0 Å². The summed E-state index contributed by atoms with van der Waals surface area (Å²) >= 11 is 0. The molecule has 23 heavy (non-hydrogen) atoms. The Balaban J connectivity index is 0.000000174. The standard InChI is InChI=1S/C12H13N.C6H6O3S/c1-2-9-13-12-8-7-10-5-3-4-6-11(10)12;7-10(8,9)6-4-2-1-3-5-6/h1,3-6,12-13H,7-9H2;1-5H,(H,7,8,9)/p-1/t12-;/m1./s1. The van der Waals surface area contributed by atoms with Crippen LogP contribution in [0.15, 0.2) is 59.5 Å². The Morgan fingerprint density at radius 1 is 1.13 bits per heavy atom. The fourth-order valence-electron chi connectivity index (χ4n) is 2.54. The minimum atomic E-state index is -4.25. The van der Waals surface area contributed by atoms with Gasteiger partial charge < -0.3 is 4.55 Å². The van der Waals surface area contributed by atoms with Crippen molar-refractivity contribution < 1.29 is 13.0 Å². The number of hydrogen-bond acceptors (Lipinski definition) is 4. The van der Waals surface area contributed by atoms with E-state index in [2.05, 4.69) is 35.5 Å². The topological polar surface area (TPSA) is 69.2 Å². The second kappa shape index (κ2) is 7.93. The number of terminal acetylenes is 1. The minimum absolute atomic E-state index is 0.185. The van der Waals surface area contributed by atoms with E-state index in [0.717, 1.165) is 0 Å². The van der Waals surface area contributed by atoms with E-state index in [9.17, 15) is 13.0 Å². The molecule has 0 heterocycles. The Morgan fingerprint density at radius 3 is 2.39 bits per heavy atom. The largest absolute Gasteiger partial charge is 0.744 e. The number of aryl methyl sites for hydroxylation is 1. The van der Waals surface area contributed by atoms with Crippen molar-refractivity contribution in [2.24, 2.45) is 0 Å². The molecule has 0 radical (unpaired) electrons. The van der Waals surface area contributed by atoms with Crippen LogP contribution in [0.3, 0.4) is 0 Å². The maximum Gasteiger partial charge on any atom is 0.124 e. The molecule has 0 bridgehead atoms. The monoisotopic (exact) mass is 328 g/mol. The summed E-state index contributed by atoms with van der Waals surface area (Å²) < 4.78 is 30.8. The summed E-state index contributed by atoms with van der Waals surface area (Å²) in [6.45, 7) is 0.666. The van der Waals surface area contributed by atoms with Gasteiger partial charge in [-0.3, -0.25) is 5.32 Å². The van der Waals surface area contributed by atoms with Gasteiger partial charge in [-0.25, -0.2) is 8.42 Å². The van der Waals surface area contributed by atoms with Crippen LogP contribution in [-0.2, 0) is 16.5 Å². The van der Waals surface area contributed by atoms with Gasteiger partial charge in [-0.2, -0.15) is 0 Å². The smallest absolute Gasteiger partial charge is 0.124 e. The lowest BCUT2D eigenvalue weighted by atomic mass is 10.1. The van der Waals surface area contributed by atoms with E-state index >= 15 is 0 Å². The Morgan fingerprint density at radius 2 is 1.78 bits per heavy atom. The zero-order chi connectivity index (χ0) is 16.7. The first-order valence-corrected chi connectivity index (χ1v) is 8.69. The second-order valence-electron chi connectivity index (χ2n) is 5.14. The normalized spacial score (nSPS) is 15.9. The van der Waals surface area contributed by atoms with Crippen molar-refractivity contribution in [3.05, 3.63) is 65.7 Å². The maximum atomic E-state index is 10.3. The number of nitrogens with one attached hydrogen (secondary N) is 1. The van der Waals surface area contributed by atoms with Gasteiger partial charge in [0.05, 0.1) is 11.4 Å². The molecule has 0 aromatic heterocycles. The predicted octanol–water partition coefficient (Wildman–Crippen LogP) is 2.49. The van der Waals surface area contributed by atoms with Crippen LogP contribution in [0.4, 0.5) is 0 Å². The Hall–Kier alpha value is -2.13. The average molecular weight is 328 g/mol. The molecule has 0 aliphatic heterocycles. The van der Waals surface area contributed by atoms with Crippen LogP contribution >= 0.6 is 0 Å². The molecule has 0 saturated heterocycles. The first-order chi connectivity index (χ1) is 11.0. The third-order valence-corrected chi connectivity index (χ3v) is 4.46. The maximum absolute atomic E-state index is 10.3. The number of benzene rings is 2. The van der Waals surface area contributed by atoms with Gasteiger partial charge in [-0.15, -0.1) is 6.42 Å². The van der Waals surface area contributed by atoms with E-state index in [4.69, 9.17) is 6.42 Å². The highest BCUT2D eigenvalue weighted by atomic mass is 32.2. The van der Waals surface area contributed by atoms with Crippen LogP contribution in [-0.4, -0.2) is 19.5 Å². The number of fused-ring (bicyclic) bond motifs is 1. The molecule has 1 N–H and O–H groups in total. The molecule has 0 fully saturated rings. The summed E-state index contributed by atoms with van der Waals surface area (Å²) in [5.41, 5.74) is 2.90. The summed E-state index contributed by atoms with van der Waals surface area (Å²) in [5, 5.41) is 3.35. The van der Waals surface area contributed by atoms with E-state index in [1.807, 2.05) is 0 Å². The molecule has 3 rings (SSSR count). The molecule has 0 amide bonds. The van der Waals surface area contributed by atoms with Gasteiger partial charge >= 0.3 is 0 Å². The van der Waals surface area contributed by atoms with Crippen molar-refractivity contribution >= 4 is 10.1 Å². The highest BCUT2D eigenvalue weighted by molar-refractivity contribution is 7.85. The van der Waals surface area contributed by atoms with Gasteiger partial charge in [0, 0.05) is 6.04 Å². The van der Waals surface area contributed by atoms with Crippen LogP contribution in [0.5, 0.6) is 0 Å². The van der Waals surface area contributed by atoms with Gasteiger partial charge in [0.25, 0.3) is 0 Å². The first-order valence-electron chi connectivity index (χ1n) is 7.28. The van der Waals surface area contributed by atoms with Crippen molar-refractivity contribution in [3.63, 3.8) is 0 Å². The fourth-order valence-corrected chi connectivity index (χ4v) is 3.03. The Bertz CT molecular complexity index is 779. The van der Waals surface area contributed by atoms with Crippen LogP contribution in [0.2, 0.25) is 0 Å². The van der Waals surface area contributed by atoms with Crippen LogP contribution in [0, 0.1) is 12.3 Å². The molecule has 0 spiro atoms. The molecule has 4 nitrogen and oxygen atoms in total. The van der Waals surface area contributed by atoms with Gasteiger partial charge in [0.1, 0.15) is 10.1 Å². The number of hydrogen-bond donors (Lipinski definition) is 1. The van der Waals surface area contributed by atoms with E-state index < -0.39 is 10.1 Å². The Kier molecular flexibility index (Phi) is 5.94. The van der Waals surface area contributed by atoms with E-state index in [-0.39, 0.29) is 4.90 Å². The summed E-state index contributed by atoms with van der Waals surface area (Å²) in [5.74, 6) is 2.61. The van der Waals surface area contributed by atoms with Crippen molar-refractivity contribution in [3.8, 4) is 12.3 Å². The molecule has 2 aromatic carbocycles. The average Bonchev–Trinajstić information content (AvgIpc) is 2.97. The molecule has 0 unspecified atom stereocenters. The predicted molar refractivity (Wildman–Crippen MR) is 88.7 cm³/mol. The molecule has 120 valence electrons. The van der Waals surface area contributed by atoms with E-state index in [1.54, 1.807) is 6.07 Å². The lowest BCUT2D eigenvalue weighted by Gasteiger charge is -2.10. The molecule has 5 heteroatoms. The zero-order valence-corrected chi connectivity index (χ0v) is 13.4.